The van der Waals surface area contributed by atoms with Gasteiger partial charge in [-0.3, -0.25) is 9.69 Å². The van der Waals surface area contributed by atoms with E-state index in [1.54, 1.807) is 27.9 Å². The molecule has 0 aromatic carbocycles. The first-order chi connectivity index (χ1) is 8.86. The van der Waals surface area contributed by atoms with Gasteiger partial charge in [0.25, 0.3) is 0 Å². The van der Waals surface area contributed by atoms with Crippen LogP contribution < -0.4 is 0 Å². The molecule has 1 aliphatic rings. The summed E-state index contributed by atoms with van der Waals surface area (Å²) < 4.78 is 39.3. The van der Waals surface area contributed by atoms with Crippen molar-refractivity contribution in [3.63, 3.8) is 0 Å². The van der Waals surface area contributed by atoms with Gasteiger partial charge in [0.2, 0.25) is 0 Å². The molecular formula is C13H17F3N2O. The van der Waals surface area contributed by atoms with Crippen molar-refractivity contribution in [3.8, 4) is 0 Å². The Morgan fingerprint density at radius 1 is 1.37 bits per heavy atom. The maximum atomic E-state index is 12.5. The molecule has 0 aliphatic carbocycles. The van der Waals surface area contributed by atoms with Crippen LogP contribution in [0.5, 0.6) is 0 Å². The smallest absolute Gasteiger partial charge is 0.357 e. The van der Waals surface area contributed by atoms with Gasteiger partial charge in [-0.1, -0.05) is 0 Å². The molecule has 0 unspecified atom stereocenters. The van der Waals surface area contributed by atoms with Crippen LogP contribution in [0.1, 0.15) is 23.2 Å². The number of hydrogen-bond donors (Lipinski definition) is 0. The van der Waals surface area contributed by atoms with Crippen molar-refractivity contribution in [2.75, 3.05) is 19.6 Å². The lowest BCUT2D eigenvalue weighted by molar-refractivity contribution is -0.184. The van der Waals surface area contributed by atoms with Crippen molar-refractivity contribution < 1.29 is 18.0 Å². The zero-order valence-corrected chi connectivity index (χ0v) is 10.8. The third-order valence-corrected chi connectivity index (χ3v) is 3.57. The SMILES string of the molecule is Cn1ccc(C(=O)CN2CCC(C(F)(F)F)CC2)c1. The zero-order valence-electron chi connectivity index (χ0n) is 10.8. The number of aryl methyl sites for hydroxylation is 1. The molecule has 1 saturated heterocycles. The summed E-state index contributed by atoms with van der Waals surface area (Å²) in [5.41, 5.74) is 0.612. The van der Waals surface area contributed by atoms with Gasteiger partial charge in [0.05, 0.1) is 12.5 Å². The fourth-order valence-corrected chi connectivity index (χ4v) is 2.38. The van der Waals surface area contributed by atoms with Crippen molar-refractivity contribution >= 4 is 5.78 Å². The molecule has 19 heavy (non-hydrogen) atoms. The number of rotatable bonds is 3. The van der Waals surface area contributed by atoms with Crippen molar-refractivity contribution in [3.05, 3.63) is 24.0 Å². The minimum absolute atomic E-state index is 0.0361. The summed E-state index contributed by atoms with van der Waals surface area (Å²) in [7, 11) is 1.83. The van der Waals surface area contributed by atoms with Crippen molar-refractivity contribution in [2.24, 2.45) is 13.0 Å². The highest BCUT2D eigenvalue weighted by molar-refractivity contribution is 5.97. The first-order valence-electron chi connectivity index (χ1n) is 6.30. The number of carbonyl (C=O) groups excluding carboxylic acids is 1. The van der Waals surface area contributed by atoms with E-state index in [2.05, 4.69) is 0 Å². The van der Waals surface area contributed by atoms with Gasteiger partial charge < -0.3 is 4.57 Å². The summed E-state index contributed by atoms with van der Waals surface area (Å²) in [5, 5.41) is 0. The molecule has 0 atom stereocenters. The second-order valence-corrected chi connectivity index (χ2v) is 5.08. The Labute approximate surface area is 110 Å². The van der Waals surface area contributed by atoms with Gasteiger partial charge >= 0.3 is 6.18 Å². The maximum Gasteiger partial charge on any atom is 0.391 e. The van der Waals surface area contributed by atoms with Crippen LogP contribution in [-0.2, 0) is 7.05 Å². The van der Waals surface area contributed by atoms with Crippen LogP contribution in [0.3, 0.4) is 0 Å². The minimum Gasteiger partial charge on any atom is -0.357 e. The summed E-state index contributed by atoms with van der Waals surface area (Å²) in [6.45, 7) is 0.875. The number of piperidine rings is 1. The molecular weight excluding hydrogens is 257 g/mol. The lowest BCUT2D eigenvalue weighted by Crippen LogP contribution is -2.41. The number of aromatic nitrogens is 1. The highest BCUT2D eigenvalue weighted by atomic mass is 19.4. The van der Waals surface area contributed by atoms with E-state index >= 15 is 0 Å². The molecule has 0 saturated carbocycles. The van der Waals surface area contributed by atoms with Crippen LogP contribution in [0.2, 0.25) is 0 Å². The first-order valence-corrected chi connectivity index (χ1v) is 6.30. The predicted molar refractivity (Wildman–Crippen MR) is 65.0 cm³/mol. The maximum absolute atomic E-state index is 12.5. The molecule has 2 heterocycles. The second-order valence-electron chi connectivity index (χ2n) is 5.08. The summed E-state index contributed by atoms with van der Waals surface area (Å²) in [4.78, 5) is 13.7. The number of alkyl halides is 3. The van der Waals surface area contributed by atoms with E-state index in [0.717, 1.165) is 0 Å². The summed E-state index contributed by atoms with van der Waals surface area (Å²) in [5.74, 6) is -1.25. The molecule has 106 valence electrons. The Bertz CT molecular complexity index is 445. The van der Waals surface area contributed by atoms with E-state index in [0.29, 0.717) is 18.7 Å². The zero-order chi connectivity index (χ0) is 14.0. The fourth-order valence-electron chi connectivity index (χ4n) is 2.38. The molecule has 2 rings (SSSR count). The van der Waals surface area contributed by atoms with E-state index in [4.69, 9.17) is 0 Å². The average Bonchev–Trinajstić information content (AvgIpc) is 2.75. The molecule has 1 fully saturated rings. The van der Waals surface area contributed by atoms with Crippen LogP contribution in [-0.4, -0.2) is 41.1 Å². The number of likely N-dealkylation sites (tertiary alicyclic amines) is 1. The quantitative estimate of drug-likeness (QED) is 0.791. The molecule has 1 aromatic heterocycles. The van der Waals surface area contributed by atoms with Crippen LogP contribution in [0.15, 0.2) is 18.5 Å². The Morgan fingerprint density at radius 3 is 2.47 bits per heavy atom. The number of Topliss-reactive ketones (excluding diaryl/α,β-unsaturated/α-hetero) is 1. The largest absolute Gasteiger partial charge is 0.391 e. The van der Waals surface area contributed by atoms with E-state index < -0.39 is 12.1 Å². The standard InChI is InChI=1S/C13H17F3N2O/c1-17-5-2-10(8-17)12(19)9-18-6-3-11(4-7-18)13(14,15)16/h2,5,8,11H,3-4,6-7,9H2,1H3. The molecule has 0 amide bonds. The van der Waals surface area contributed by atoms with Gasteiger partial charge in [-0.2, -0.15) is 13.2 Å². The van der Waals surface area contributed by atoms with E-state index in [9.17, 15) is 18.0 Å². The molecule has 1 aromatic rings. The Hall–Kier alpha value is -1.30. The third kappa shape index (κ3) is 3.59. The van der Waals surface area contributed by atoms with Gasteiger partial charge in [0.1, 0.15) is 0 Å². The minimum atomic E-state index is -4.10. The predicted octanol–water partition coefficient (Wildman–Crippen LogP) is 2.48. The topological polar surface area (TPSA) is 25.2 Å². The molecule has 6 heteroatoms. The van der Waals surface area contributed by atoms with E-state index in [1.165, 1.54) is 0 Å². The van der Waals surface area contributed by atoms with Crippen molar-refractivity contribution in [1.82, 2.24) is 9.47 Å². The van der Waals surface area contributed by atoms with Gasteiger partial charge in [-0.15, -0.1) is 0 Å². The van der Waals surface area contributed by atoms with Crippen LogP contribution >= 0.6 is 0 Å². The molecule has 1 aliphatic heterocycles. The normalized spacial score (nSPS) is 18.7. The lowest BCUT2D eigenvalue weighted by atomic mass is 9.96. The van der Waals surface area contributed by atoms with Crippen molar-refractivity contribution in [2.45, 2.75) is 19.0 Å². The van der Waals surface area contributed by atoms with Gasteiger partial charge in [-0.05, 0) is 32.0 Å². The molecule has 0 bridgehead atoms. The molecule has 0 radical (unpaired) electrons. The van der Waals surface area contributed by atoms with Gasteiger partial charge in [0, 0.05) is 25.0 Å². The van der Waals surface area contributed by atoms with Crippen molar-refractivity contribution in [1.29, 1.82) is 0 Å². The van der Waals surface area contributed by atoms with Crippen LogP contribution in [0, 0.1) is 5.92 Å². The monoisotopic (exact) mass is 274 g/mol. The number of ketones is 1. The van der Waals surface area contributed by atoms with Gasteiger partial charge in [-0.25, -0.2) is 0 Å². The summed E-state index contributed by atoms with van der Waals surface area (Å²) in [6.07, 6.45) is -0.416. The Kier molecular flexibility index (Phi) is 3.99. The Balaban J connectivity index is 1.84. The molecule has 3 nitrogen and oxygen atoms in total. The van der Waals surface area contributed by atoms with E-state index in [1.807, 2.05) is 7.05 Å². The van der Waals surface area contributed by atoms with E-state index in [-0.39, 0.29) is 25.2 Å². The highest BCUT2D eigenvalue weighted by Gasteiger charge is 2.41. The van der Waals surface area contributed by atoms with Crippen LogP contribution in [0.4, 0.5) is 13.2 Å². The second kappa shape index (κ2) is 5.36. The summed E-state index contributed by atoms with van der Waals surface area (Å²) >= 11 is 0. The summed E-state index contributed by atoms with van der Waals surface area (Å²) in [6, 6.07) is 1.73. The first kappa shape index (κ1) is 14.1. The lowest BCUT2D eigenvalue weighted by Gasteiger charge is -2.32. The Morgan fingerprint density at radius 2 is 2.00 bits per heavy atom. The van der Waals surface area contributed by atoms with Gasteiger partial charge in [0.15, 0.2) is 5.78 Å². The average molecular weight is 274 g/mol. The molecule has 0 N–H and O–H groups in total. The number of hydrogen-bond acceptors (Lipinski definition) is 2. The third-order valence-electron chi connectivity index (χ3n) is 3.57. The van der Waals surface area contributed by atoms with Crippen LogP contribution in [0.25, 0.3) is 0 Å². The number of carbonyl (C=O) groups is 1. The fraction of sp³-hybridized carbons (Fsp3) is 0.615. The highest BCUT2D eigenvalue weighted by Crippen LogP contribution is 2.34. The number of nitrogens with zero attached hydrogens (tertiary/aromatic N) is 2. The molecule has 0 spiro atoms. The number of halogens is 3.